The largest absolute Gasteiger partial charge is 0.336 e. The van der Waals surface area contributed by atoms with Crippen molar-refractivity contribution < 1.29 is 4.79 Å². The van der Waals surface area contributed by atoms with Crippen LogP contribution >= 0.6 is 0 Å². The van der Waals surface area contributed by atoms with Crippen LogP contribution in [-0.2, 0) is 0 Å². The molecular formula is C22H25N3O. The molecule has 0 saturated carbocycles. The number of amides is 1. The van der Waals surface area contributed by atoms with Crippen LogP contribution in [0.25, 0.3) is 0 Å². The number of benzene rings is 2. The average Bonchev–Trinajstić information content (AvgIpc) is 2.69. The van der Waals surface area contributed by atoms with Crippen molar-refractivity contribution in [2.45, 2.75) is 25.8 Å². The number of carbonyl (C=O) groups excluding carboxylic acids is 1. The van der Waals surface area contributed by atoms with Crippen LogP contribution in [0.1, 0.15) is 47.3 Å². The van der Waals surface area contributed by atoms with Gasteiger partial charge in [-0.2, -0.15) is 5.26 Å². The molecule has 0 aliphatic carbocycles. The van der Waals surface area contributed by atoms with Crippen molar-refractivity contribution in [3.63, 3.8) is 0 Å². The Morgan fingerprint density at radius 1 is 0.923 bits per heavy atom. The summed E-state index contributed by atoms with van der Waals surface area (Å²) < 4.78 is 0. The number of nitriles is 1. The van der Waals surface area contributed by atoms with Gasteiger partial charge in [0.15, 0.2) is 0 Å². The van der Waals surface area contributed by atoms with E-state index in [9.17, 15) is 10.1 Å². The van der Waals surface area contributed by atoms with E-state index in [1.54, 1.807) is 0 Å². The van der Waals surface area contributed by atoms with Crippen molar-refractivity contribution >= 4 is 5.91 Å². The Kier molecular flexibility index (Phi) is 5.70. The van der Waals surface area contributed by atoms with Crippen LogP contribution in [0, 0.1) is 11.3 Å². The predicted molar refractivity (Wildman–Crippen MR) is 103 cm³/mol. The van der Waals surface area contributed by atoms with Crippen LogP contribution in [0.2, 0.25) is 0 Å². The second kappa shape index (κ2) is 8.16. The molecule has 1 atom stereocenters. The molecule has 1 fully saturated rings. The molecule has 3 rings (SSSR count). The molecular weight excluding hydrogens is 322 g/mol. The molecule has 0 radical (unpaired) electrons. The van der Waals surface area contributed by atoms with E-state index >= 15 is 0 Å². The van der Waals surface area contributed by atoms with Gasteiger partial charge >= 0.3 is 0 Å². The van der Waals surface area contributed by atoms with Crippen LogP contribution in [0.3, 0.4) is 0 Å². The highest BCUT2D eigenvalue weighted by Crippen LogP contribution is 2.24. The van der Waals surface area contributed by atoms with Gasteiger partial charge in [-0.3, -0.25) is 9.69 Å². The highest BCUT2D eigenvalue weighted by molar-refractivity contribution is 5.94. The lowest BCUT2D eigenvalue weighted by Gasteiger charge is -2.37. The van der Waals surface area contributed by atoms with E-state index in [0.717, 1.165) is 11.1 Å². The Bertz CT molecular complexity index is 769. The quantitative estimate of drug-likeness (QED) is 0.844. The van der Waals surface area contributed by atoms with Gasteiger partial charge in [-0.15, -0.1) is 0 Å². The van der Waals surface area contributed by atoms with Crippen LogP contribution in [0.5, 0.6) is 0 Å². The third-order valence-electron chi connectivity index (χ3n) is 5.03. The summed E-state index contributed by atoms with van der Waals surface area (Å²) >= 11 is 0. The molecule has 0 aromatic heterocycles. The van der Waals surface area contributed by atoms with Gasteiger partial charge in [-0.25, -0.2) is 0 Å². The molecule has 1 heterocycles. The standard InChI is InChI=1S/C22H25N3O/c1-17(2)18-8-10-19(11-9-18)21(16-23)24-12-14-25(15-13-24)22(26)20-6-4-3-5-7-20/h3-11,17,21H,12-15H2,1-2H3. The van der Waals surface area contributed by atoms with Crippen molar-refractivity contribution in [1.29, 1.82) is 5.26 Å². The SMILES string of the molecule is CC(C)c1ccc(C(C#N)N2CCN(C(=O)c3ccccc3)CC2)cc1. The zero-order valence-electron chi connectivity index (χ0n) is 15.4. The predicted octanol–water partition coefficient (Wildman–Crippen LogP) is 3.83. The van der Waals surface area contributed by atoms with E-state index in [2.05, 4.69) is 49.1 Å². The fourth-order valence-electron chi connectivity index (χ4n) is 3.38. The minimum atomic E-state index is -0.259. The Morgan fingerprint density at radius 2 is 1.50 bits per heavy atom. The van der Waals surface area contributed by atoms with Crippen LogP contribution < -0.4 is 0 Å². The van der Waals surface area contributed by atoms with Crippen molar-refractivity contribution in [1.82, 2.24) is 9.80 Å². The lowest BCUT2D eigenvalue weighted by Crippen LogP contribution is -2.49. The summed E-state index contributed by atoms with van der Waals surface area (Å²) in [5.74, 6) is 0.553. The van der Waals surface area contributed by atoms with Crippen molar-refractivity contribution in [3.05, 3.63) is 71.3 Å². The zero-order valence-corrected chi connectivity index (χ0v) is 15.4. The number of piperazine rings is 1. The number of rotatable bonds is 4. The Balaban J connectivity index is 1.64. The highest BCUT2D eigenvalue weighted by atomic mass is 16.2. The van der Waals surface area contributed by atoms with Gasteiger partial charge in [0.25, 0.3) is 5.91 Å². The Morgan fingerprint density at radius 3 is 2.04 bits per heavy atom. The first-order valence-corrected chi connectivity index (χ1v) is 9.18. The number of nitrogens with zero attached hydrogens (tertiary/aromatic N) is 3. The summed E-state index contributed by atoms with van der Waals surface area (Å²) in [6.45, 7) is 7.05. The van der Waals surface area contributed by atoms with Crippen molar-refractivity contribution in [2.75, 3.05) is 26.2 Å². The molecule has 26 heavy (non-hydrogen) atoms. The first-order valence-electron chi connectivity index (χ1n) is 9.18. The smallest absolute Gasteiger partial charge is 0.253 e. The Hall–Kier alpha value is -2.64. The average molecular weight is 347 g/mol. The van der Waals surface area contributed by atoms with Gasteiger partial charge < -0.3 is 4.90 Å². The third kappa shape index (κ3) is 3.95. The van der Waals surface area contributed by atoms with Gasteiger partial charge in [-0.1, -0.05) is 56.3 Å². The van der Waals surface area contributed by atoms with Crippen LogP contribution in [-0.4, -0.2) is 41.9 Å². The van der Waals surface area contributed by atoms with E-state index in [-0.39, 0.29) is 11.9 Å². The number of hydrogen-bond donors (Lipinski definition) is 0. The van der Waals surface area contributed by atoms with Gasteiger partial charge in [0.1, 0.15) is 6.04 Å². The molecule has 0 spiro atoms. The monoisotopic (exact) mass is 347 g/mol. The molecule has 134 valence electrons. The number of carbonyl (C=O) groups is 1. The molecule has 4 heteroatoms. The maximum Gasteiger partial charge on any atom is 0.253 e. The van der Waals surface area contributed by atoms with E-state index < -0.39 is 0 Å². The molecule has 1 saturated heterocycles. The van der Waals surface area contributed by atoms with Crippen LogP contribution in [0.4, 0.5) is 0 Å². The maximum absolute atomic E-state index is 12.6. The molecule has 4 nitrogen and oxygen atoms in total. The van der Waals surface area contributed by atoms with Crippen molar-refractivity contribution in [2.24, 2.45) is 0 Å². The molecule has 0 N–H and O–H groups in total. The molecule has 2 aromatic carbocycles. The fourth-order valence-corrected chi connectivity index (χ4v) is 3.38. The molecule has 2 aromatic rings. The Labute approximate surface area is 155 Å². The molecule has 1 unspecified atom stereocenters. The lowest BCUT2D eigenvalue weighted by atomic mass is 9.98. The molecule has 1 amide bonds. The minimum absolute atomic E-state index is 0.0695. The van der Waals surface area contributed by atoms with E-state index in [0.29, 0.717) is 32.1 Å². The second-order valence-electron chi connectivity index (χ2n) is 7.05. The summed E-state index contributed by atoms with van der Waals surface area (Å²) in [6, 6.07) is 19.9. The summed E-state index contributed by atoms with van der Waals surface area (Å²) in [5, 5.41) is 9.69. The van der Waals surface area contributed by atoms with E-state index in [1.807, 2.05) is 35.2 Å². The lowest BCUT2D eigenvalue weighted by molar-refractivity contribution is 0.0606. The molecule has 1 aliphatic rings. The normalized spacial score (nSPS) is 16.3. The highest BCUT2D eigenvalue weighted by Gasteiger charge is 2.27. The fraction of sp³-hybridized carbons (Fsp3) is 0.364. The first-order chi connectivity index (χ1) is 12.6. The van der Waals surface area contributed by atoms with Gasteiger partial charge in [0, 0.05) is 31.7 Å². The second-order valence-corrected chi connectivity index (χ2v) is 7.05. The van der Waals surface area contributed by atoms with E-state index in [1.165, 1.54) is 5.56 Å². The maximum atomic E-state index is 12.6. The summed E-state index contributed by atoms with van der Waals surface area (Å²) in [4.78, 5) is 16.6. The van der Waals surface area contributed by atoms with Crippen molar-refractivity contribution in [3.8, 4) is 6.07 Å². The van der Waals surface area contributed by atoms with Gasteiger partial charge in [0.2, 0.25) is 0 Å². The summed E-state index contributed by atoms with van der Waals surface area (Å²) in [5.41, 5.74) is 3.03. The zero-order chi connectivity index (χ0) is 18.5. The number of hydrogen-bond acceptors (Lipinski definition) is 3. The topological polar surface area (TPSA) is 47.3 Å². The summed E-state index contributed by atoms with van der Waals surface area (Å²) in [7, 11) is 0. The third-order valence-corrected chi connectivity index (χ3v) is 5.03. The molecule has 1 aliphatic heterocycles. The molecule has 0 bridgehead atoms. The van der Waals surface area contributed by atoms with E-state index in [4.69, 9.17) is 0 Å². The minimum Gasteiger partial charge on any atom is -0.336 e. The first kappa shape index (κ1) is 18.2. The van der Waals surface area contributed by atoms with Gasteiger partial charge in [0.05, 0.1) is 6.07 Å². The van der Waals surface area contributed by atoms with Gasteiger partial charge in [-0.05, 0) is 29.2 Å². The summed E-state index contributed by atoms with van der Waals surface area (Å²) in [6.07, 6.45) is 0. The van der Waals surface area contributed by atoms with Crippen LogP contribution in [0.15, 0.2) is 54.6 Å².